The molecule has 0 bridgehead atoms. The van der Waals surface area contributed by atoms with Gasteiger partial charge in [0.15, 0.2) is 17.5 Å². The number of aromatic nitrogens is 3. The summed E-state index contributed by atoms with van der Waals surface area (Å²) >= 11 is 0. The highest BCUT2D eigenvalue weighted by Crippen LogP contribution is 2.34. The monoisotopic (exact) mass is 583 g/mol. The largest absolute Gasteiger partial charge is 0.507 e. The number of hydrogen-bond acceptors (Lipinski definition) is 7. The Bertz CT molecular complexity index is 1450. The molecule has 7 nitrogen and oxygen atoms in total. The summed E-state index contributed by atoms with van der Waals surface area (Å²) in [5.41, 5.74) is 6.72. The van der Waals surface area contributed by atoms with Crippen molar-refractivity contribution in [2.75, 3.05) is 19.8 Å². The maximum Gasteiger partial charge on any atom is 0.167 e. The Hall–Kier alpha value is -3.81. The molecule has 4 rings (SSSR count). The Labute approximate surface area is 256 Å². The van der Waals surface area contributed by atoms with Crippen LogP contribution in [0.4, 0.5) is 0 Å². The lowest BCUT2D eigenvalue weighted by Crippen LogP contribution is -2.25. The van der Waals surface area contributed by atoms with E-state index in [9.17, 15) is 10.2 Å². The maximum atomic E-state index is 11.0. The van der Waals surface area contributed by atoms with E-state index in [2.05, 4.69) is 39.8 Å². The molecule has 0 radical (unpaired) electrons. The molecule has 0 aliphatic heterocycles. The number of unbranched alkanes of at least 4 members (excludes halogenated alkanes) is 1. The van der Waals surface area contributed by atoms with Crippen LogP contribution in [0.15, 0.2) is 54.6 Å². The second-order valence-electron chi connectivity index (χ2n) is 11.5. The number of phenolic OH excluding ortho intramolecular Hbond substituents is 1. The van der Waals surface area contributed by atoms with Crippen molar-refractivity contribution < 1.29 is 19.7 Å². The van der Waals surface area contributed by atoms with Gasteiger partial charge in [-0.2, -0.15) is 0 Å². The lowest BCUT2D eigenvalue weighted by molar-refractivity contribution is -0.00111. The summed E-state index contributed by atoms with van der Waals surface area (Å²) in [6.45, 7) is 13.5. The highest BCUT2D eigenvalue weighted by atomic mass is 16.5. The van der Waals surface area contributed by atoms with Crippen molar-refractivity contribution in [2.45, 2.75) is 73.3 Å². The van der Waals surface area contributed by atoms with E-state index in [-0.39, 0.29) is 19.0 Å². The van der Waals surface area contributed by atoms with Gasteiger partial charge in [0.05, 0.1) is 12.2 Å². The van der Waals surface area contributed by atoms with Crippen LogP contribution in [-0.4, -0.2) is 51.1 Å². The van der Waals surface area contributed by atoms with Gasteiger partial charge in [0.1, 0.15) is 24.2 Å². The van der Waals surface area contributed by atoms with Crippen molar-refractivity contribution in [3.05, 3.63) is 76.9 Å². The van der Waals surface area contributed by atoms with Gasteiger partial charge in [-0.05, 0) is 63.3 Å². The molecular weight excluding hydrogens is 538 g/mol. The van der Waals surface area contributed by atoms with Crippen molar-refractivity contribution in [2.24, 2.45) is 5.92 Å². The third kappa shape index (κ3) is 8.62. The smallest absolute Gasteiger partial charge is 0.167 e. The van der Waals surface area contributed by atoms with Crippen LogP contribution in [0, 0.1) is 33.6 Å². The Kier molecular flexibility index (Phi) is 11.3. The predicted molar refractivity (Wildman–Crippen MR) is 172 cm³/mol. The summed E-state index contributed by atoms with van der Waals surface area (Å²) in [6.07, 6.45) is 3.81. The van der Waals surface area contributed by atoms with Crippen molar-refractivity contribution >= 4 is 0 Å². The van der Waals surface area contributed by atoms with Gasteiger partial charge in [-0.3, -0.25) is 0 Å². The van der Waals surface area contributed by atoms with E-state index < -0.39 is 6.10 Å². The number of ether oxygens (including phenoxy) is 2. The Morgan fingerprint density at radius 3 is 1.77 bits per heavy atom. The first-order chi connectivity index (χ1) is 20.7. The standard InChI is InChI=1S/C36H45N3O4/c1-7-9-10-27(8-2)20-42-21-28(40)22-43-29-13-16-32(33(41)19-29)36-38-34(30-14-11-23(3)17-25(30)5)37-35(39-36)31-15-12-24(4)18-26(31)6/h11-19,27-28,40-41H,7-10,20-22H2,1-6H3. The van der Waals surface area contributed by atoms with E-state index in [1.54, 1.807) is 12.1 Å². The lowest BCUT2D eigenvalue weighted by Gasteiger charge is -2.17. The van der Waals surface area contributed by atoms with Crippen LogP contribution in [0.2, 0.25) is 0 Å². The van der Waals surface area contributed by atoms with E-state index in [1.807, 2.05) is 38.1 Å². The summed E-state index contributed by atoms with van der Waals surface area (Å²) in [5, 5.41) is 21.4. The summed E-state index contributed by atoms with van der Waals surface area (Å²) in [5.74, 6) is 2.38. The summed E-state index contributed by atoms with van der Waals surface area (Å²) < 4.78 is 11.5. The minimum Gasteiger partial charge on any atom is -0.507 e. The lowest BCUT2D eigenvalue weighted by atomic mass is 10.0. The third-order valence-corrected chi connectivity index (χ3v) is 7.74. The van der Waals surface area contributed by atoms with E-state index >= 15 is 0 Å². The molecule has 7 heteroatoms. The van der Waals surface area contributed by atoms with Gasteiger partial charge in [0, 0.05) is 23.8 Å². The van der Waals surface area contributed by atoms with E-state index in [0.29, 0.717) is 41.3 Å². The van der Waals surface area contributed by atoms with Crippen LogP contribution in [0.1, 0.15) is 61.8 Å². The SMILES string of the molecule is CCCCC(CC)COCC(O)COc1ccc(-c2nc(-c3ccc(C)cc3C)nc(-c3ccc(C)cc3C)n2)c(O)c1. The van der Waals surface area contributed by atoms with Gasteiger partial charge in [-0.25, -0.2) is 15.0 Å². The average Bonchev–Trinajstić information content (AvgIpc) is 2.97. The Morgan fingerprint density at radius 2 is 1.26 bits per heavy atom. The van der Waals surface area contributed by atoms with Crippen LogP contribution in [0.5, 0.6) is 11.5 Å². The fraction of sp³-hybridized carbons (Fsp3) is 0.417. The van der Waals surface area contributed by atoms with Crippen LogP contribution < -0.4 is 4.74 Å². The van der Waals surface area contributed by atoms with Gasteiger partial charge in [-0.1, -0.05) is 80.6 Å². The molecule has 0 fully saturated rings. The number of benzene rings is 3. The second-order valence-corrected chi connectivity index (χ2v) is 11.5. The first-order valence-electron chi connectivity index (χ1n) is 15.3. The van der Waals surface area contributed by atoms with Gasteiger partial charge >= 0.3 is 0 Å². The molecule has 4 aromatic rings. The van der Waals surface area contributed by atoms with Crippen LogP contribution in [-0.2, 0) is 4.74 Å². The number of rotatable bonds is 14. The highest BCUT2D eigenvalue weighted by molar-refractivity contribution is 5.72. The summed E-state index contributed by atoms with van der Waals surface area (Å²) in [6, 6.07) is 17.3. The van der Waals surface area contributed by atoms with E-state index in [1.165, 1.54) is 18.9 Å². The molecule has 3 aromatic carbocycles. The fourth-order valence-corrected chi connectivity index (χ4v) is 5.17. The zero-order chi connectivity index (χ0) is 30.9. The molecule has 0 amide bonds. The molecule has 2 unspecified atom stereocenters. The maximum absolute atomic E-state index is 11.0. The predicted octanol–water partition coefficient (Wildman–Crippen LogP) is 7.78. The fourth-order valence-electron chi connectivity index (χ4n) is 5.17. The van der Waals surface area contributed by atoms with Gasteiger partial charge < -0.3 is 19.7 Å². The zero-order valence-corrected chi connectivity index (χ0v) is 26.4. The first-order valence-corrected chi connectivity index (χ1v) is 15.3. The molecule has 1 heterocycles. The van der Waals surface area contributed by atoms with Crippen LogP contribution in [0.25, 0.3) is 34.2 Å². The number of hydrogen-bond donors (Lipinski definition) is 2. The second kappa shape index (κ2) is 15.1. The third-order valence-electron chi connectivity index (χ3n) is 7.74. The first kappa shape index (κ1) is 32.1. The molecule has 2 N–H and O–H groups in total. The minimum atomic E-state index is -0.769. The Balaban J connectivity index is 1.55. The van der Waals surface area contributed by atoms with Crippen molar-refractivity contribution in [1.29, 1.82) is 0 Å². The van der Waals surface area contributed by atoms with E-state index in [0.717, 1.165) is 46.2 Å². The number of aromatic hydroxyl groups is 1. The normalized spacial score (nSPS) is 12.7. The molecule has 43 heavy (non-hydrogen) atoms. The van der Waals surface area contributed by atoms with Crippen molar-refractivity contribution in [3.8, 4) is 45.7 Å². The molecule has 0 aliphatic carbocycles. The van der Waals surface area contributed by atoms with Crippen molar-refractivity contribution in [1.82, 2.24) is 15.0 Å². The van der Waals surface area contributed by atoms with Crippen molar-refractivity contribution in [3.63, 3.8) is 0 Å². The van der Waals surface area contributed by atoms with Gasteiger partial charge in [0.25, 0.3) is 0 Å². The Morgan fingerprint density at radius 1 is 0.698 bits per heavy atom. The minimum absolute atomic E-state index is 0.0192. The zero-order valence-electron chi connectivity index (χ0n) is 26.4. The molecule has 0 saturated heterocycles. The van der Waals surface area contributed by atoms with Crippen LogP contribution in [0.3, 0.4) is 0 Å². The molecule has 0 spiro atoms. The molecule has 0 saturated carbocycles. The molecule has 1 aromatic heterocycles. The van der Waals surface area contributed by atoms with E-state index in [4.69, 9.17) is 24.4 Å². The number of aliphatic hydroxyl groups excluding tert-OH is 1. The average molecular weight is 584 g/mol. The van der Waals surface area contributed by atoms with Gasteiger partial charge in [0.2, 0.25) is 0 Å². The van der Waals surface area contributed by atoms with Gasteiger partial charge in [-0.15, -0.1) is 0 Å². The topological polar surface area (TPSA) is 97.6 Å². The molecule has 228 valence electrons. The number of phenols is 1. The molecule has 2 atom stereocenters. The quantitative estimate of drug-likeness (QED) is 0.156. The van der Waals surface area contributed by atoms with Crippen LogP contribution >= 0.6 is 0 Å². The number of nitrogens with zero attached hydrogens (tertiary/aromatic N) is 3. The highest BCUT2D eigenvalue weighted by Gasteiger charge is 2.18. The number of aliphatic hydroxyl groups is 1. The summed E-state index contributed by atoms with van der Waals surface area (Å²) in [7, 11) is 0. The molecular formula is C36H45N3O4. The molecule has 0 aliphatic rings. The number of aryl methyl sites for hydroxylation is 4. The summed E-state index contributed by atoms with van der Waals surface area (Å²) in [4.78, 5) is 14.5.